The summed E-state index contributed by atoms with van der Waals surface area (Å²) in [4.78, 5) is 0. The Morgan fingerprint density at radius 1 is 0.775 bits per heavy atom. The first-order valence-electron chi connectivity index (χ1n) is 12.6. The van der Waals surface area contributed by atoms with Crippen molar-refractivity contribution in [1.82, 2.24) is 5.32 Å². The summed E-state index contributed by atoms with van der Waals surface area (Å²) in [5.41, 5.74) is 6.46. The molecule has 0 unspecified atom stereocenters. The molecule has 0 aromatic heterocycles. The number of unbranched alkanes of at least 4 members (excludes halogenated alkanes) is 1. The van der Waals surface area contributed by atoms with Gasteiger partial charge in [0.15, 0.2) is 21.0 Å². The molecule has 0 aliphatic heterocycles. The first-order valence-corrected chi connectivity index (χ1v) is 14.6. The van der Waals surface area contributed by atoms with Gasteiger partial charge in [0, 0.05) is 11.1 Å². The maximum absolute atomic E-state index is 9.09. The molecule has 0 bridgehead atoms. The fraction of sp³-hybridized carbons (Fsp3) is 0.310. The van der Waals surface area contributed by atoms with Gasteiger partial charge in [0.25, 0.3) is 0 Å². The number of nitrogens with two attached hydrogens (primary N) is 2. The lowest BCUT2D eigenvalue weighted by Crippen LogP contribution is -1.95. The first-order chi connectivity index (χ1) is 19.0. The third kappa shape index (κ3) is 29.6. The van der Waals surface area contributed by atoms with Crippen molar-refractivity contribution in [2.24, 2.45) is 10.9 Å². The van der Waals surface area contributed by atoms with Crippen molar-refractivity contribution in [2.75, 3.05) is 20.6 Å². The van der Waals surface area contributed by atoms with E-state index in [4.69, 9.17) is 29.1 Å². The molecule has 0 aliphatic carbocycles. The van der Waals surface area contributed by atoms with E-state index < -0.39 is 10.9 Å². The van der Waals surface area contributed by atoms with Crippen LogP contribution in [-0.4, -0.2) is 49.4 Å². The molecule has 0 spiro atoms. The molecule has 0 atom stereocenters. The monoisotopic (exact) mass is 611 g/mol. The highest BCUT2D eigenvalue weighted by Crippen LogP contribution is 2.21. The summed E-state index contributed by atoms with van der Waals surface area (Å²) in [6.07, 6.45) is 3.64. The topological polar surface area (TPSA) is 148 Å². The second kappa shape index (κ2) is 30.6. The zero-order chi connectivity index (χ0) is 31.2. The fourth-order valence-electron chi connectivity index (χ4n) is 2.08. The minimum absolute atomic E-state index is 0.0457. The molecule has 0 radical (unpaired) electrons. The summed E-state index contributed by atoms with van der Waals surface area (Å²) in [7, 11) is 1.13. The molecular formula is C29H45N3O5S3. The van der Waals surface area contributed by atoms with E-state index >= 15 is 0 Å². The summed E-state index contributed by atoms with van der Waals surface area (Å²) < 4.78 is 23.2. The number of benzene rings is 3. The quantitative estimate of drug-likeness (QED) is 0.144. The third-order valence-corrected chi connectivity index (χ3v) is 4.13. The van der Waals surface area contributed by atoms with Gasteiger partial charge >= 0.3 is 0 Å². The van der Waals surface area contributed by atoms with E-state index in [0.717, 1.165) is 12.3 Å². The average Bonchev–Trinajstić information content (AvgIpc) is 2.92. The smallest absolute Gasteiger partial charge is 0.198 e. The highest BCUT2D eigenvalue weighted by molar-refractivity contribution is 7.80. The number of nitrogens with one attached hydrogen (secondary N) is 1. The van der Waals surface area contributed by atoms with Gasteiger partial charge in [-0.05, 0) is 87.9 Å². The first kappa shape index (κ1) is 41.5. The van der Waals surface area contributed by atoms with Gasteiger partial charge in [0.2, 0.25) is 0 Å². The van der Waals surface area contributed by atoms with Crippen LogP contribution < -0.4 is 20.9 Å². The van der Waals surface area contributed by atoms with Gasteiger partial charge in [-0.3, -0.25) is 0 Å². The Kier molecular flexibility index (Phi) is 31.8. The van der Waals surface area contributed by atoms with Gasteiger partial charge < -0.3 is 26.0 Å². The molecule has 3 rings (SSSR count). The molecule has 8 nitrogen and oxygen atoms in total. The molecule has 0 saturated heterocycles. The minimum atomic E-state index is -2.62. The second-order valence-electron chi connectivity index (χ2n) is 7.55. The maximum atomic E-state index is 9.09. The zero-order valence-electron chi connectivity index (χ0n) is 23.9. The van der Waals surface area contributed by atoms with Crippen LogP contribution in [0.2, 0.25) is 0 Å². The Hall–Kier alpha value is -2.93. The normalized spacial score (nSPS) is 8.70. The predicted molar refractivity (Wildman–Crippen MR) is 177 cm³/mol. The van der Waals surface area contributed by atoms with E-state index in [2.05, 4.69) is 55.7 Å². The Morgan fingerprint density at radius 3 is 1.38 bits per heavy atom. The van der Waals surface area contributed by atoms with Crippen molar-refractivity contribution in [3.63, 3.8) is 0 Å². The Labute approximate surface area is 252 Å². The van der Waals surface area contributed by atoms with E-state index in [-0.39, 0.29) is 10.1 Å². The molecule has 0 heterocycles. The Balaban J connectivity index is -0.000000483. The third-order valence-electron chi connectivity index (χ3n) is 3.66. The molecular weight excluding hydrogens is 567 g/mol. The number of aliphatic hydroxyl groups is 2. The van der Waals surface area contributed by atoms with E-state index in [0.29, 0.717) is 16.9 Å². The average molecular weight is 612 g/mol. The van der Waals surface area contributed by atoms with Gasteiger partial charge in [-0.15, -0.1) is 0 Å². The van der Waals surface area contributed by atoms with Crippen LogP contribution in [0.15, 0.2) is 84.9 Å². The number of thiocarbonyl (C=S) groups is 2. The molecule has 40 heavy (non-hydrogen) atoms. The lowest BCUT2D eigenvalue weighted by Gasteiger charge is -2.05. The zero-order valence-corrected chi connectivity index (χ0v) is 26.5. The van der Waals surface area contributed by atoms with Gasteiger partial charge in [0.05, 0.1) is 0 Å². The number of hydrogen-bond donors (Lipinski definition) is 6. The van der Waals surface area contributed by atoms with Crippen LogP contribution >= 0.6 is 24.4 Å². The number of ether oxygens (including phenoxy) is 1. The van der Waals surface area contributed by atoms with E-state index in [1.807, 2.05) is 62.6 Å². The summed E-state index contributed by atoms with van der Waals surface area (Å²) >= 11 is 9.17. The van der Waals surface area contributed by atoms with Crippen LogP contribution in [-0.2, 0) is 10.9 Å². The van der Waals surface area contributed by atoms with E-state index in [9.17, 15) is 0 Å². The summed E-state index contributed by atoms with van der Waals surface area (Å²) in [5.74, 6) is 1.49. The predicted octanol–water partition coefficient (Wildman–Crippen LogP) is 6.10. The van der Waals surface area contributed by atoms with E-state index in [1.165, 1.54) is 19.3 Å². The van der Waals surface area contributed by atoms with Crippen LogP contribution in [0.4, 0.5) is 0 Å². The lowest BCUT2D eigenvalue weighted by atomic mass is 10.2. The molecule has 3 aromatic rings. The largest absolute Gasteiger partial charge is 0.499 e. The summed E-state index contributed by atoms with van der Waals surface area (Å²) in [6, 6.07) is 25.6. The van der Waals surface area contributed by atoms with Crippen molar-refractivity contribution in [1.29, 1.82) is 0 Å². The number of rotatable bonds is 6. The van der Waals surface area contributed by atoms with Crippen molar-refractivity contribution in [2.45, 2.75) is 40.0 Å². The second-order valence-corrected chi connectivity index (χ2v) is 8.89. The van der Waals surface area contributed by atoms with Crippen LogP contribution in [0, 0.1) is 0 Å². The van der Waals surface area contributed by atoms with Gasteiger partial charge in [0.1, 0.15) is 11.5 Å². The molecule has 224 valence electrons. The van der Waals surface area contributed by atoms with Crippen molar-refractivity contribution >= 4 is 45.4 Å². The fourth-order valence-corrected chi connectivity index (χ4v) is 2.35. The van der Waals surface area contributed by atoms with Gasteiger partial charge in [-0.2, -0.15) is 0 Å². The van der Waals surface area contributed by atoms with Gasteiger partial charge in [-0.1, -0.05) is 82.1 Å². The number of para-hydroxylation sites is 1. The number of hydrogen-bond acceptors (Lipinski definition) is 7. The SMILES string of the molecule is CCC.CCCCN.CNC.N[SH](=O)=O.OC(=S)c1ccc(Oc2ccccc2)cc1.OC(=S)c1ccccc1. The molecule has 0 aliphatic rings. The highest BCUT2D eigenvalue weighted by Gasteiger charge is 1.99. The van der Waals surface area contributed by atoms with Crippen molar-refractivity contribution < 1.29 is 23.4 Å². The molecule has 7 N–H and O–H groups in total. The van der Waals surface area contributed by atoms with Crippen molar-refractivity contribution in [3.05, 3.63) is 96.1 Å². The Bertz CT molecular complexity index is 1060. The summed E-state index contributed by atoms with van der Waals surface area (Å²) in [6.45, 7) is 7.23. The molecule has 0 amide bonds. The lowest BCUT2D eigenvalue weighted by molar-refractivity contribution is 0.482. The summed E-state index contributed by atoms with van der Waals surface area (Å²) in [5, 5.41) is 24.5. The maximum Gasteiger partial charge on any atom is 0.198 e. The standard InChI is InChI=1S/C13H10O2S.C7H6OS.C4H11N.C3H8.C2H7N.H3NO2S/c14-13(16)10-6-8-12(9-7-10)15-11-4-2-1-3-5-11;8-7(9)6-4-2-1-3-5-6;1-2-3-4-5;2*1-3-2;1-4(2)3/h1-9H,(H,14,16);1-5H,(H,8,9);2-5H2,1H3;3H2,1-2H3;3H,1-2H3;4H,(H2,1,2,3). The molecule has 0 saturated carbocycles. The van der Waals surface area contributed by atoms with Gasteiger partial charge in [-0.25, -0.2) is 13.6 Å². The number of thiol groups is 1. The van der Waals surface area contributed by atoms with E-state index in [1.54, 1.807) is 36.4 Å². The molecule has 3 aromatic carbocycles. The Morgan fingerprint density at radius 2 is 1.10 bits per heavy atom. The highest BCUT2D eigenvalue weighted by atomic mass is 32.2. The molecule has 0 fully saturated rings. The van der Waals surface area contributed by atoms with Crippen LogP contribution in [0.25, 0.3) is 0 Å². The van der Waals surface area contributed by atoms with Crippen molar-refractivity contribution in [3.8, 4) is 11.5 Å². The number of aliphatic hydroxyl groups excluding tert-OH is 2. The van der Waals surface area contributed by atoms with Crippen LogP contribution in [0.3, 0.4) is 0 Å². The minimum Gasteiger partial charge on any atom is -0.499 e. The van der Waals surface area contributed by atoms with Crippen LogP contribution in [0.5, 0.6) is 11.5 Å². The van der Waals surface area contributed by atoms with Crippen LogP contribution in [0.1, 0.15) is 51.2 Å². The molecule has 11 heteroatoms.